The number of H-pyrrole nitrogens is 1. The molecule has 1 N–H and O–H groups in total. The highest BCUT2D eigenvalue weighted by molar-refractivity contribution is 5.87. The molecule has 1 aromatic carbocycles. The van der Waals surface area contributed by atoms with Gasteiger partial charge < -0.3 is 14.7 Å². The molecule has 190 valence electrons. The van der Waals surface area contributed by atoms with Crippen LogP contribution in [0.5, 0.6) is 0 Å². The summed E-state index contributed by atoms with van der Waals surface area (Å²) in [5, 5.41) is 0. The Balaban J connectivity index is 1.70. The fourth-order valence-electron chi connectivity index (χ4n) is 5.16. The van der Waals surface area contributed by atoms with Crippen LogP contribution < -0.4 is 10.6 Å². The van der Waals surface area contributed by atoms with Crippen LogP contribution in [0, 0.1) is 6.57 Å². The minimum absolute atomic E-state index is 0.00666. The number of fused-ring (bicyclic) bond motifs is 1. The van der Waals surface area contributed by atoms with E-state index in [1.165, 1.54) is 0 Å². The molecule has 0 radical (unpaired) electrons. The third-order valence-electron chi connectivity index (χ3n) is 7.02. The highest BCUT2D eigenvalue weighted by Crippen LogP contribution is 2.36. The first kappa shape index (κ1) is 25.6. The van der Waals surface area contributed by atoms with Crippen LogP contribution in [0.4, 0.5) is 24.8 Å². The van der Waals surface area contributed by atoms with Crippen LogP contribution in [0.3, 0.4) is 0 Å². The number of nitrogens with one attached hydrogen (secondary N) is 1. The van der Waals surface area contributed by atoms with Crippen LogP contribution in [0.15, 0.2) is 41.2 Å². The van der Waals surface area contributed by atoms with Crippen LogP contribution in [-0.4, -0.2) is 45.0 Å². The number of aromatic amines is 1. The lowest BCUT2D eigenvalue weighted by Crippen LogP contribution is -2.59. The van der Waals surface area contributed by atoms with Gasteiger partial charge in [0.2, 0.25) is 5.52 Å². The summed E-state index contributed by atoms with van der Waals surface area (Å²) >= 11 is 0. The van der Waals surface area contributed by atoms with Crippen LogP contribution in [0.1, 0.15) is 57.2 Å². The van der Waals surface area contributed by atoms with Crippen molar-refractivity contribution in [3.63, 3.8) is 0 Å². The van der Waals surface area contributed by atoms with E-state index in [2.05, 4.69) is 43.4 Å². The fraction of sp³-hybridized carbons (Fsp3) is 0.462. The Hall–Kier alpha value is -3.45. The van der Waals surface area contributed by atoms with Gasteiger partial charge in [0, 0.05) is 31.2 Å². The third-order valence-corrected chi connectivity index (χ3v) is 7.02. The summed E-state index contributed by atoms with van der Waals surface area (Å²) in [5.41, 5.74) is 0.744. The predicted octanol–water partition coefficient (Wildman–Crippen LogP) is 5.72. The molecule has 7 nitrogen and oxygen atoms in total. The zero-order chi connectivity index (χ0) is 26.0. The standard InChI is InChI=1S/C26H29F3N6O/c1-5-18-15-35(24-23-20(31-25(36)33-24)12-13-22(30-4)32-23)19(6-2)14-34(18)21(7-3)16-8-10-17(11-9-16)26(27,28)29/h8-13,18-19,21H,5-7,14-15H2,1-3H3,(H,31,33,36)/t18-,19+,21?/m1/s1. The zero-order valence-corrected chi connectivity index (χ0v) is 20.5. The van der Waals surface area contributed by atoms with Crippen molar-refractivity contribution in [1.82, 2.24) is 19.9 Å². The second-order valence-corrected chi connectivity index (χ2v) is 9.06. The summed E-state index contributed by atoms with van der Waals surface area (Å²) in [7, 11) is 0. The molecule has 0 saturated carbocycles. The maximum Gasteiger partial charge on any atom is 0.416 e. The Morgan fingerprint density at radius 1 is 1.06 bits per heavy atom. The van der Waals surface area contributed by atoms with E-state index in [4.69, 9.17) is 6.57 Å². The number of alkyl halides is 3. The molecule has 1 fully saturated rings. The first-order valence-corrected chi connectivity index (χ1v) is 12.2. The van der Waals surface area contributed by atoms with Gasteiger partial charge in [-0.1, -0.05) is 39.5 Å². The minimum atomic E-state index is -4.37. The Labute approximate surface area is 207 Å². The first-order chi connectivity index (χ1) is 17.2. The lowest BCUT2D eigenvalue weighted by atomic mass is 9.94. The van der Waals surface area contributed by atoms with Crippen molar-refractivity contribution >= 4 is 22.7 Å². The first-order valence-electron chi connectivity index (χ1n) is 12.2. The van der Waals surface area contributed by atoms with Gasteiger partial charge in [0.15, 0.2) is 5.82 Å². The molecule has 1 saturated heterocycles. The highest BCUT2D eigenvalue weighted by atomic mass is 19.4. The van der Waals surface area contributed by atoms with E-state index in [1.54, 1.807) is 24.3 Å². The number of nitrogens with zero attached hydrogens (tertiary/aromatic N) is 5. The van der Waals surface area contributed by atoms with Gasteiger partial charge in [0.1, 0.15) is 0 Å². The highest BCUT2D eigenvalue weighted by Gasteiger charge is 2.38. The third kappa shape index (κ3) is 4.93. The average molecular weight is 499 g/mol. The van der Waals surface area contributed by atoms with E-state index in [9.17, 15) is 18.0 Å². The maximum atomic E-state index is 13.1. The number of halogens is 3. The van der Waals surface area contributed by atoms with E-state index in [-0.39, 0.29) is 23.9 Å². The van der Waals surface area contributed by atoms with E-state index in [1.807, 2.05) is 6.92 Å². The Morgan fingerprint density at radius 3 is 2.33 bits per heavy atom. The van der Waals surface area contributed by atoms with Gasteiger partial charge in [-0.3, -0.25) is 4.90 Å². The Bertz CT molecular complexity index is 1310. The Morgan fingerprint density at radius 2 is 1.75 bits per heavy atom. The van der Waals surface area contributed by atoms with Gasteiger partial charge in [0.05, 0.1) is 11.1 Å². The Kier molecular flexibility index (Phi) is 7.31. The van der Waals surface area contributed by atoms with Crippen molar-refractivity contribution in [3.05, 3.63) is 69.4 Å². The zero-order valence-electron chi connectivity index (χ0n) is 20.5. The molecule has 3 aromatic rings. The molecular formula is C26H29F3N6O. The van der Waals surface area contributed by atoms with Crippen molar-refractivity contribution in [2.75, 3.05) is 18.0 Å². The summed E-state index contributed by atoms with van der Waals surface area (Å²) in [5.74, 6) is 0.691. The number of anilines is 1. The molecule has 0 aliphatic carbocycles. The summed E-state index contributed by atoms with van der Waals surface area (Å²) in [6.45, 7) is 14.8. The molecule has 2 aromatic heterocycles. The van der Waals surface area contributed by atoms with Crippen molar-refractivity contribution in [2.24, 2.45) is 0 Å². The van der Waals surface area contributed by atoms with Crippen molar-refractivity contribution in [3.8, 4) is 0 Å². The minimum Gasteiger partial charge on any atom is -0.361 e. The number of piperazine rings is 1. The lowest BCUT2D eigenvalue weighted by molar-refractivity contribution is -0.137. The molecule has 1 aliphatic heterocycles. The van der Waals surface area contributed by atoms with Crippen molar-refractivity contribution in [2.45, 2.75) is 64.3 Å². The quantitative estimate of drug-likeness (QED) is 0.441. The van der Waals surface area contributed by atoms with Gasteiger partial charge >= 0.3 is 11.9 Å². The normalized spacial score (nSPS) is 19.9. The summed E-state index contributed by atoms with van der Waals surface area (Å²) in [6.07, 6.45) is -2.03. The van der Waals surface area contributed by atoms with Gasteiger partial charge in [-0.05, 0) is 49.1 Å². The van der Waals surface area contributed by atoms with E-state index < -0.39 is 17.4 Å². The lowest BCUT2D eigenvalue weighted by Gasteiger charge is -2.49. The number of aromatic nitrogens is 3. The number of hydrogen-bond acceptors (Lipinski definition) is 5. The number of benzene rings is 1. The largest absolute Gasteiger partial charge is 0.416 e. The monoisotopic (exact) mass is 498 g/mol. The van der Waals surface area contributed by atoms with Crippen LogP contribution in [0.25, 0.3) is 15.9 Å². The molecule has 3 atom stereocenters. The number of pyridine rings is 1. The topological polar surface area (TPSA) is 69.5 Å². The van der Waals surface area contributed by atoms with E-state index in [0.717, 1.165) is 37.0 Å². The molecule has 0 spiro atoms. The molecule has 1 unspecified atom stereocenters. The smallest absolute Gasteiger partial charge is 0.361 e. The predicted molar refractivity (Wildman–Crippen MR) is 133 cm³/mol. The van der Waals surface area contributed by atoms with Crippen LogP contribution in [-0.2, 0) is 6.18 Å². The molecule has 36 heavy (non-hydrogen) atoms. The maximum absolute atomic E-state index is 13.1. The molecule has 0 bridgehead atoms. The molecule has 3 heterocycles. The molecule has 4 rings (SSSR count). The average Bonchev–Trinajstić information content (AvgIpc) is 2.87. The van der Waals surface area contributed by atoms with Gasteiger partial charge in [-0.2, -0.15) is 18.2 Å². The molecular weight excluding hydrogens is 469 g/mol. The number of rotatable bonds is 6. The number of hydrogen-bond donors (Lipinski definition) is 1. The van der Waals surface area contributed by atoms with E-state index >= 15 is 0 Å². The SMILES string of the molecule is [C-]#[N+]c1ccc2[nH]c(=O)nc(N3C[C@@H](CC)N(C(CC)c4ccc(C(F)(F)F)cc4)C[C@@H]3CC)c2n1. The second kappa shape index (κ2) is 10.3. The van der Waals surface area contributed by atoms with Crippen molar-refractivity contribution < 1.29 is 13.2 Å². The molecule has 10 heteroatoms. The summed E-state index contributed by atoms with van der Waals surface area (Å²) < 4.78 is 39.3. The molecule has 0 amide bonds. The second-order valence-electron chi connectivity index (χ2n) is 9.06. The fourth-order valence-corrected chi connectivity index (χ4v) is 5.16. The summed E-state index contributed by atoms with van der Waals surface area (Å²) in [6, 6.07) is 8.76. The van der Waals surface area contributed by atoms with E-state index in [0.29, 0.717) is 29.9 Å². The van der Waals surface area contributed by atoms with Gasteiger partial charge in [-0.15, -0.1) is 4.98 Å². The molecule has 1 aliphatic rings. The van der Waals surface area contributed by atoms with Gasteiger partial charge in [0.25, 0.3) is 5.82 Å². The van der Waals surface area contributed by atoms with Gasteiger partial charge in [-0.25, -0.2) is 4.79 Å². The van der Waals surface area contributed by atoms with Crippen LogP contribution in [0.2, 0.25) is 0 Å². The summed E-state index contributed by atoms with van der Waals surface area (Å²) in [4.78, 5) is 31.7. The van der Waals surface area contributed by atoms with Crippen molar-refractivity contribution in [1.29, 1.82) is 0 Å². The van der Waals surface area contributed by atoms with Crippen LogP contribution >= 0.6 is 0 Å².